The minimum atomic E-state index is -0.485. The van der Waals surface area contributed by atoms with E-state index in [-0.39, 0.29) is 6.09 Å². The maximum absolute atomic E-state index is 12.3. The van der Waals surface area contributed by atoms with Crippen LogP contribution in [0.3, 0.4) is 0 Å². The standard InChI is InChI=1S/C25H30N6O2/c1-25(2,3)33-24(32)31-14-12-30(13-15-31)21-9-4-6-18(16-21)22-10-11-27-23(29-22)28-20-8-5-7-19(26)17-20/h4-11,16-17H,12-15,26H2,1-3H3,(H,27,28,29). The Morgan fingerprint density at radius 1 is 1.03 bits per heavy atom. The van der Waals surface area contributed by atoms with E-state index in [1.54, 1.807) is 11.1 Å². The largest absolute Gasteiger partial charge is 0.444 e. The summed E-state index contributed by atoms with van der Waals surface area (Å²) in [6, 6.07) is 17.6. The third-order valence-corrected chi connectivity index (χ3v) is 5.24. The van der Waals surface area contributed by atoms with Crippen LogP contribution in [0.1, 0.15) is 20.8 Å². The fraction of sp³-hybridized carbons (Fsp3) is 0.320. The van der Waals surface area contributed by atoms with Crippen LogP contribution in [0, 0.1) is 0 Å². The predicted octanol–water partition coefficient (Wildman–Crippen LogP) is 4.53. The molecular weight excluding hydrogens is 416 g/mol. The maximum Gasteiger partial charge on any atom is 0.410 e. The Labute approximate surface area is 194 Å². The van der Waals surface area contributed by atoms with Gasteiger partial charge in [-0.05, 0) is 57.2 Å². The number of nitrogen functional groups attached to an aromatic ring is 1. The molecule has 8 heteroatoms. The SMILES string of the molecule is CC(C)(C)OC(=O)N1CCN(c2cccc(-c3ccnc(Nc4cccc(N)c4)n3)c2)CC1. The average molecular weight is 447 g/mol. The summed E-state index contributed by atoms with van der Waals surface area (Å²) >= 11 is 0. The van der Waals surface area contributed by atoms with Crippen molar-refractivity contribution in [2.24, 2.45) is 0 Å². The molecular formula is C25H30N6O2. The Kier molecular flexibility index (Phi) is 6.35. The number of aromatic nitrogens is 2. The minimum absolute atomic E-state index is 0.253. The van der Waals surface area contributed by atoms with E-state index in [1.807, 2.05) is 63.2 Å². The third kappa shape index (κ3) is 5.91. The van der Waals surface area contributed by atoms with E-state index in [9.17, 15) is 4.79 Å². The van der Waals surface area contributed by atoms with Gasteiger partial charge in [-0.3, -0.25) is 0 Å². The van der Waals surface area contributed by atoms with Gasteiger partial charge in [0.05, 0.1) is 5.69 Å². The highest BCUT2D eigenvalue weighted by Crippen LogP contribution is 2.26. The van der Waals surface area contributed by atoms with Crippen LogP contribution in [0.15, 0.2) is 60.8 Å². The molecule has 1 fully saturated rings. The topological polar surface area (TPSA) is 96.6 Å². The fourth-order valence-corrected chi connectivity index (χ4v) is 3.66. The second-order valence-corrected chi connectivity index (χ2v) is 9.02. The van der Waals surface area contributed by atoms with Crippen LogP contribution in [0.4, 0.5) is 27.8 Å². The third-order valence-electron chi connectivity index (χ3n) is 5.24. The van der Waals surface area contributed by atoms with Gasteiger partial charge in [0.1, 0.15) is 5.60 Å². The maximum atomic E-state index is 12.3. The molecule has 33 heavy (non-hydrogen) atoms. The smallest absolute Gasteiger partial charge is 0.410 e. The van der Waals surface area contributed by atoms with Gasteiger partial charge in [0.15, 0.2) is 0 Å². The van der Waals surface area contributed by atoms with Crippen molar-refractivity contribution in [2.45, 2.75) is 26.4 Å². The molecule has 8 nitrogen and oxygen atoms in total. The molecule has 3 aromatic rings. The van der Waals surface area contributed by atoms with Crippen LogP contribution in [0.5, 0.6) is 0 Å². The molecule has 0 aliphatic carbocycles. The number of rotatable bonds is 4. The number of piperazine rings is 1. The number of nitrogens with one attached hydrogen (secondary N) is 1. The summed E-state index contributed by atoms with van der Waals surface area (Å²) in [7, 11) is 0. The Hall–Kier alpha value is -3.81. The van der Waals surface area contributed by atoms with Gasteiger partial charge >= 0.3 is 6.09 Å². The predicted molar refractivity (Wildman–Crippen MR) is 132 cm³/mol. The van der Waals surface area contributed by atoms with Gasteiger partial charge in [0, 0.05) is 55.0 Å². The number of carbonyl (C=O) groups excluding carboxylic acids is 1. The number of anilines is 4. The Morgan fingerprint density at radius 2 is 1.79 bits per heavy atom. The second kappa shape index (κ2) is 9.36. The van der Waals surface area contributed by atoms with Crippen LogP contribution in [-0.2, 0) is 4.74 Å². The number of benzene rings is 2. The lowest BCUT2D eigenvalue weighted by molar-refractivity contribution is 0.0240. The van der Waals surface area contributed by atoms with Gasteiger partial charge in [-0.2, -0.15) is 0 Å². The highest BCUT2D eigenvalue weighted by atomic mass is 16.6. The second-order valence-electron chi connectivity index (χ2n) is 9.02. The zero-order chi connectivity index (χ0) is 23.4. The van der Waals surface area contributed by atoms with Gasteiger partial charge in [0.2, 0.25) is 5.95 Å². The van der Waals surface area contributed by atoms with Gasteiger partial charge in [0.25, 0.3) is 0 Å². The number of nitrogens with zero attached hydrogens (tertiary/aromatic N) is 4. The number of hydrogen-bond donors (Lipinski definition) is 2. The molecule has 1 saturated heterocycles. The lowest BCUT2D eigenvalue weighted by Crippen LogP contribution is -2.50. The van der Waals surface area contributed by atoms with Crippen LogP contribution in [0.2, 0.25) is 0 Å². The molecule has 2 heterocycles. The van der Waals surface area contributed by atoms with Crippen molar-refractivity contribution < 1.29 is 9.53 Å². The van der Waals surface area contributed by atoms with Crippen molar-refractivity contribution in [3.8, 4) is 11.3 Å². The lowest BCUT2D eigenvalue weighted by Gasteiger charge is -2.36. The first-order valence-corrected chi connectivity index (χ1v) is 11.1. The van der Waals surface area contributed by atoms with Gasteiger partial charge in [-0.1, -0.05) is 18.2 Å². The van der Waals surface area contributed by atoms with Crippen molar-refractivity contribution >= 4 is 29.1 Å². The first-order chi connectivity index (χ1) is 15.8. The Balaban J connectivity index is 1.44. The minimum Gasteiger partial charge on any atom is -0.444 e. The van der Waals surface area contributed by atoms with E-state index in [0.29, 0.717) is 24.7 Å². The van der Waals surface area contributed by atoms with E-state index in [1.165, 1.54) is 0 Å². The molecule has 0 radical (unpaired) electrons. The van der Waals surface area contributed by atoms with Gasteiger partial charge in [-0.15, -0.1) is 0 Å². The molecule has 172 valence electrons. The highest BCUT2D eigenvalue weighted by molar-refractivity contribution is 5.70. The molecule has 1 aliphatic heterocycles. The summed E-state index contributed by atoms with van der Waals surface area (Å²) < 4.78 is 5.50. The van der Waals surface area contributed by atoms with Crippen LogP contribution in [-0.4, -0.2) is 52.7 Å². The van der Waals surface area contributed by atoms with Crippen LogP contribution < -0.4 is 16.0 Å². The van der Waals surface area contributed by atoms with E-state index < -0.39 is 5.60 Å². The first-order valence-electron chi connectivity index (χ1n) is 11.1. The molecule has 2 aromatic carbocycles. The molecule has 3 N–H and O–H groups in total. The summed E-state index contributed by atoms with van der Waals surface area (Å²) in [5.41, 5.74) is 9.81. The number of amides is 1. The molecule has 0 spiro atoms. The Bertz CT molecular complexity index is 1120. The highest BCUT2D eigenvalue weighted by Gasteiger charge is 2.26. The Morgan fingerprint density at radius 3 is 2.52 bits per heavy atom. The normalized spacial score (nSPS) is 14.2. The van der Waals surface area contributed by atoms with E-state index >= 15 is 0 Å². The number of hydrogen-bond acceptors (Lipinski definition) is 7. The van der Waals surface area contributed by atoms with E-state index in [0.717, 1.165) is 35.7 Å². The van der Waals surface area contributed by atoms with Crippen molar-refractivity contribution in [1.29, 1.82) is 0 Å². The van der Waals surface area contributed by atoms with Gasteiger partial charge < -0.3 is 25.6 Å². The first kappa shape index (κ1) is 22.4. The molecule has 1 aromatic heterocycles. The fourth-order valence-electron chi connectivity index (χ4n) is 3.66. The molecule has 4 rings (SSSR count). The van der Waals surface area contributed by atoms with Crippen molar-refractivity contribution in [3.05, 3.63) is 60.8 Å². The molecule has 1 amide bonds. The summed E-state index contributed by atoms with van der Waals surface area (Å²) in [4.78, 5) is 25.4. The monoisotopic (exact) mass is 446 g/mol. The molecule has 0 saturated carbocycles. The summed E-state index contributed by atoms with van der Waals surface area (Å²) in [6.07, 6.45) is 1.49. The van der Waals surface area contributed by atoms with E-state index in [2.05, 4.69) is 32.3 Å². The van der Waals surface area contributed by atoms with Crippen LogP contribution >= 0.6 is 0 Å². The van der Waals surface area contributed by atoms with E-state index in [4.69, 9.17) is 10.5 Å². The lowest BCUT2D eigenvalue weighted by atomic mass is 10.1. The molecule has 0 bridgehead atoms. The zero-order valence-electron chi connectivity index (χ0n) is 19.3. The molecule has 0 atom stereocenters. The number of ether oxygens (including phenoxy) is 1. The molecule has 1 aliphatic rings. The van der Waals surface area contributed by atoms with Crippen LogP contribution in [0.25, 0.3) is 11.3 Å². The van der Waals surface area contributed by atoms with Crippen molar-refractivity contribution in [2.75, 3.05) is 42.1 Å². The van der Waals surface area contributed by atoms with Crippen molar-refractivity contribution in [1.82, 2.24) is 14.9 Å². The summed E-state index contributed by atoms with van der Waals surface area (Å²) in [5.74, 6) is 0.509. The average Bonchev–Trinajstić information content (AvgIpc) is 2.78. The summed E-state index contributed by atoms with van der Waals surface area (Å²) in [6.45, 7) is 8.40. The molecule has 0 unspecified atom stereocenters. The quantitative estimate of drug-likeness (QED) is 0.569. The zero-order valence-corrected chi connectivity index (χ0v) is 19.3. The number of nitrogens with two attached hydrogens (primary N) is 1. The number of carbonyl (C=O) groups is 1. The summed E-state index contributed by atoms with van der Waals surface area (Å²) in [5, 5.41) is 3.20. The van der Waals surface area contributed by atoms with Gasteiger partial charge in [-0.25, -0.2) is 14.8 Å². The van der Waals surface area contributed by atoms with Crippen molar-refractivity contribution in [3.63, 3.8) is 0 Å².